The maximum absolute atomic E-state index is 14.1. The number of nitrogens with zero attached hydrogens (tertiary/aromatic N) is 6. The van der Waals surface area contributed by atoms with Crippen LogP contribution >= 0.6 is 0 Å². The van der Waals surface area contributed by atoms with Gasteiger partial charge in [-0.05, 0) is 36.4 Å². The largest absolute Gasteiger partial charge is 0.419 e. The molecule has 4 aromatic rings. The highest BCUT2D eigenvalue weighted by Crippen LogP contribution is 2.40. The van der Waals surface area contributed by atoms with Crippen LogP contribution in [0.4, 0.5) is 35.1 Å². The molecule has 1 aliphatic rings. The number of benzene rings is 3. The summed E-state index contributed by atoms with van der Waals surface area (Å²) in [5.41, 5.74) is -5.28. The second-order valence-electron chi connectivity index (χ2n) is 8.66. The van der Waals surface area contributed by atoms with Crippen LogP contribution in [-0.4, -0.2) is 21.4 Å². The topological polar surface area (TPSA) is 78.6 Å². The number of halogens is 8. The van der Waals surface area contributed by atoms with Crippen molar-refractivity contribution >= 4 is 11.4 Å². The summed E-state index contributed by atoms with van der Waals surface area (Å²) in [7, 11) is 0. The zero-order valence-corrected chi connectivity index (χ0v) is 20.5. The van der Waals surface area contributed by atoms with E-state index in [0.717, 1.165) is 12.1 Å². The van der Waals surface area contributed by atoms with Gasteiger partial charge < -0.3 is 0 Å². The summed E-state index contributed by atoms with van der Waals surface area (Å²) in [4.78, 5) is 15.5. The van der Waals surface area contributed by atoms with Crippen LogP contribution in [0.2, 0.25) is 0 Å². The summed E-state index contributed by atoms with van der Waals surface area (Å²) >= 11 is 0. The van der Waals surface area contributed by atoms with Gasteiger partial charge in [-0.2, -0.15) is 43.2 Å². The zero-order valence-electron chi connectivity index (χ0n) is 20.5. The van der Waals surface area contributed by atoms with Crippen molar-refractivity contribution in [1.82, 2.24) is 9.97 Å². The molecule has 5 rings (SSSR count). The molecule has 0 bridgehead atoms. The quantitative estimate of drug-likeness (QED) is 0.0940. The molecule has 6 nitrogen and oxygen atoms in total. The third-order valence-corrected chi connectivity index (χ3v) is 6.18. The zero-order chi connectivity index (χ0) is 30.4. The van der Waals surface area contributed by atoms with E-state index < -0.39 is 57.6 Å². The third-order valence-electron chi connectivity index (χ3n) is 6.18. The minimum Gasteiger partial charge on any atom is -0.241 e. The average Bonchev–Trinajstić information content (AvgIpc) is 2.93. The highest BCUT2D eigenvalue weighted by atomic mass is 19.4. The number of hydrogen-bond acceptors (Lipinski definition) is 5. The number of rotatable bonds is 2. The van der Waals surface area contributed by atoms with Gasteiger partial charge in [0.15, 0.2) is 5.71 Å². The van der Waals surface area contributed by atoms with Crippen molar-refractivity contribution in [2.45, 2.75) is 12.4 Å². The van der Waals surface area contributed by atoms with E-state index >= 15 is 0 Å². The number of hydrogen-bond donors (Lipinski definition) is 0. The standard InChI is InChI=1S/C28H10F8N6/c1-38-42-24-16-5-3-2-4-15(16)23(39-12-37)25-26(24)41-22(14-7-9-20(30)18(11-14)28(34,35)36)21(40-25)13-6-8-19(29)17(10-13)27(31,32)33/h2-11H/b39-23-,42-24+. The minimum atomic E-state index is -5.15. The molecule has 0 atom stereocenters. The Morgan fingerprint density at radius 2 is 1.14 bits per heavy atom. The van der Waals surface area contributed by atoms with Gasteiger partial charge >= 0.3 is 12.4 Å². The van der Waals surface area contributed by atoms with E-state index in [2.05, 4.69) is 25.0 Å². The maximum atomic E-state index is 14.1. The first-order valence-corrected chi connectivity index (χ1v) is 11.5. The highest BCUT2D eigenvalue weighted by Gasteiger charge is 2.38. The summed E-state index contributed by atoms with van der Waals surface area (Å²) in [5.74, 6) is -3.24. The lowest BCUT2D eigenvalue weighted by Gasteiger charge is -2.22. The van der Waals surface area contributed by atoms with Gasteiger partial charge in [-0.3, -0.25) is 0 Å². The normalized spacial score (nSPS) is 14.7. The van der Waals surface area contributed by atoms with Gasteiger partial charge in [-0.15, -0.1) is 4.95 Å². The van der Waals surface area contributed by atoms with Crippen molar-refractivity contribution < 1.29 is 35.1 Å². The van der Waals surface area contributed by atoms with E-state index in [0.29, 0.717) is 24.3 Å². The van der Waals surface area contributed by atoms with Gasteiger partial charge in [0.05, 0.1) is 27.6 Å². The van der Waals surface area contributed by atoms with Crippen LogP contribution < -0.4 is 0 Å². The van der Waals surface area contributed by atoms with E-state index in [1.165, 1.54) is 12.1 Å². The molecule has 0 saturated heterocycles. The Bertz CT molecular complexity index is 1770. The lowest BCUT2D eigenvalue weighted by molar-refractivity contribution is -0.140. The van der Waals surface area contributed by atoms with Crippen LogP contribution in [-0.2, 0) is 12.4 Å². The Kier molecular flexibility index (Phi) is 6.78. The molecule has 0 amide bonds. The molecule has 0 aliphatic heterocycles. The number of fused-ring (bicyclic) bond motifs is 2. The van der Waals surface area contributed by atoms with Crippen LogP contribution in [0.15, 0.2) is 70.8 Å². The average molecular weight is 582 g/mol. The Morgan fingerprint density at radius 1 is 0.690 bits per heavy atom. The Balaban J connectivity index is 1.92. The molecular weight excluding hydrogens is 572 g/mol. The molecule has 3 aromatic carbocycles. The van der Waals surface area contributed by atoms with Crippen molar-refractivity contribution in [3.8, 4) is 28.7 Å². The molecule has 208 valence electrons. The van der Waals surface area contributed by atoms with Crippen LogP contribution in [0, 0.1) is 29.7 Å². The summed E-state index contributed by atoms with van der Waals surface area (Å²) in [5, 5.41) is 13.1. The molecule has 42 heavy (non-hydrogen) atoms. The monoisotopic (exact) mass is 582 g/mol. The highest BCUT2D eigenvalue weighted by molar-refractivity contribution is 6.30. The van der Waals surface area contributed by atoms with Crippen LogP contribution in [0.25, 0.3) is 27.5 Å². The van der Waals surface area contributed by atoms with E-state index in [1.807, 2.05) is 0 Å². The van der Waals surface area contributed by atoms with E-state index in [4.69, 9.17) is 6.57 Å². The molecule has 0 fully saturated rings. The van der Waals surface area contributed by atoms with Crippen molar-refractivity contribution in [3.63, 3.8) is 0 Å². The Morgan fingerprint density at radius 3 is 1.57 bits per heavy atom. The molecule has 14 heteroatoms. The number of aliphatic imine (C=N–C) groups is 1. The molecule has 1 aliphatic carbocycles. The van der Waals surface area contributed by atoms with Gasteiger partial charge in [0.1, 0.15) is 28.7 Å². The predicted molar refractivity (Wildman–Crippen MR) is 133 cm³/mol. The first-order chi connectivity index (χ1) is 19.8. The fraction of sp³-hybridized carbons (Fsp3) is 0.0714. The van der Waals surface area contributed by atoms with Gasteiger partial charge in [0.2, 0.25) is 6.19 Å². The molecule has 0 saturated carbocycles. The van der Waals surface area contributed by atoms with Crippen molar-refractivity contribution in [3.05, 3.63) is 117 Å². The molecule has 0 unspecified atom stereocenters. The van der Waals surface area contributed by atoms with Crippen molar-refractivity contribution in [2.75, 3.05) is 0 Å². The smallest absolute Gasteiger partial charge is 0.241 e. The number of alkyl halides is 6. The van der Waals surface area contributed by atoms with Crippen molar-refractivity contribution in [2.24, 2.45) is 10.1 Å². The fourth-order valence-corrected chi connectivity index (χ4v) is 4.41. The molecule has 0 N–H and O–H groups in total. The van der Waals surface area contributed by atoms with E-state index in [-0.39, 0.29) is 33.9 Å². The Labute approximate surface area is 230 Å². The van der Waals surface area contributed by atoms with Gasteiger partial charge in [0.25, 0.3) is 0 Å². The van der Waals surface area contributed by atoms with E-state index in [9.17, 15) is 40.4 Å². The third kappa shape index (κ3) is 4.83. The van der Waals surface area contributed by atoms with Crippen LogP contribution in [0.3, 0.4) is 0 Å². The first-order valence-electron chi connectivity index (χ1n) is 11.5. The summed E-state index contributed by atoms with van der Waals surface area (Å²) < 4.78 is 110. The second kappa shape index (κ2) is 10.2. The summed E-state index contributed by atoms with van der Waals surface area (Å²) in [6.45, 7) is 7.27. The minimum absolute atomic E-state index is 0.110. The fourth-order valence-electron chi connectivity index (χ4n) is 4.41. The lowest BCUT2D eigenvalue weighted by Crippen LogP contribution is -2.26. The summed E-state index contributed by atoms with van der Waals surface area (Å²) in [6.07, 6.45) is -8.71. The van der Waals surface area contributed by atoms with Gasteiger partial charge in [0, 0.05) is 22.3 Å². The molecule has 1 aromatic heterocycles. The van der Waals surface area contributed by atoms with Crippen molar-refractivity contribution in [1.29, 1.82) is 5.26 Å². The predicted octanol–water partition coefficient (Wildman–Crippen LogP) is 7.43. The second-order valence-corrected chi connectivity index (χ2v) is 8.66. The van der Waals surface area contributed by atoms with Gasteiger partial charge in [-0.1, -0.05) is 24.3 Å². The first kappa shape index (κ1) is 28.0. The lowest BCUT2D eigenvalue weighted by atomic mass is 9.87. The van der Waals surface area contributed by atoms with Crippen LogP contribution in [0.5, 0.6) is 0 Å². The SMILES string of the molecule is [C-]#[N+]/N=C1\c2ccccc2/C(=N/C#N)c2nc(-c3ccc(F)c(C(F)(F)F)c3)c(-c3ccc(F)c(C(F)(F)F)c3)nc21. The van der Waals surface area contributed by atoms with Gasteiger partial charge in [-0.25, -0.2) is 18.7 Å². The maximum Gasteiger partial charge on any atom is 0.419 e. The summed E-state index contributed by atoms with van der Waals surface area (Å²) in [6, 6.07) is 9.78. The Hall–Kier alpha value is -5.50. The molecule has 0 spiro atoms. The number of aromatic nitrogens is 2. The van der Waals surface area contributed by atoms with Crippen LogP contribution in [0.1, 0.15) is 33.6 Å². The number of nitriles is 1. The van der Waals surface area contributed by atoms with E-state index in [1.54, 1.807) is 18.3 Å². The molecular formula is C28H10F8N6. The molecule has 0 radical (unpaired) electrons. The molecule has 1 heterocycles.